The van der Waals surface area contributed by atoms with E-state index in [4.69, 9.17) is 4.98 Å². The van der Waals surface area contributed by atoms with Crippen molar-refractivity contribution in [3.05, 3.63) is 17.6 Å². The van der Waals surface area contributed by atoms with Crippen molar-refractivity contribution in [2.75, 3.05) is 32.1 Å². The summed E-state index contributed by atoms with van der Waals surface area (Å²) in [6.07, 6.45) is 5.92. The van der Waals surface area contributed by atoms with E-state index in [0.29, 0.717) is 11.8 Å². The Bertz CT molecular complexity index is 626. The molecule has 6 nitrogen and oxygen atoms in total. The van der Waals surface area contributed by atoms with E-state index in [1.807, 2.05) is 13.0 Å². The van der Waals surface area contributed by atoms with Crippen molar-refractivity contribution in [3.8, 4) is 0 Å². The fourth-order valence-electron chi connectivity index (χ4n) is 4.59. The molecular formula is C21H36N4O2. The van der Waals surface area contributed by atoms with Crippen molar-refractivity contribution in [1.82, 2.24) is 14.9 Å². The van der Waals surface area contributed by atoms with E-state index in [-0.39, 0.29) is 18.2 Å². The van der Waals surface area contributed by atoms with Crippen LogP contribution in [-0.4, -0.2) is 64.5 Å². The number of aromatic nitrogens is 2. The Labute approximate surface area is 163 Å². The van der Waals surface area contributed by atoms with Crippen LogP contribution in [0.25, 0.3) is 0 Å². The molecule has 1 aromatic rings. The Morgan fingerprint density at radius 2 is 1.59 bits per heavy atom. The van der Waals surface area contributed by atoms with Crippen LogP contribution in [0.5, 0.6) is 0 Å². The lowest BCUT2D eigenvalue weighted by molar-refractivity contribution is 0.0977. The SMILES string of the molecule is Cc1cc(N(C)C[C@@H]2CCC[C@@H]2O)nc([C@H](C)N(C)C[C@@H]2CCC[C@H]2O)n1. The lowest BCUT2D eigenvalue weighted by Crippen LogP contribution is -2.33. The van der Waals surface area contributed by atoms with Gasteiger partial charge in [-0.25, -0.2) is 9.97 Å². The summed E-state index contributed by atoms with van der Waals surface area (Å²) >= 11 is 0. The van der Waals surface area contributed by atoms with Crippen LogP contribution in [0.1, 0.15) is 63.0 Å². The van der Waals surface area contributed by atoms with Gasteiger partial charge in [0.2, 0.25) is 0 Å². The molecule has 3 rings (SSSR count). The number of aliphatic hydroxyl groups is 2. The minimum absolute atomic E-state index is 0.0990. The highest BCUT2D eigenvalue weighted by Crippen LogP contribution is 2.30. The third-order valence-corrected chi connectivity index (χ3v) is 6.55. The lowest BCUT2D eigenvalue weighted by atomic mass is 10.0. The Balaban J connectivity index is 1.68. The van der Waals surface area contributed by atoms with Gasteiger partial charge in [-0.05, 0) is 52.5 Å². The van der Waals surface area contributed by atoms with E-state index in [1.54, 1.807) is 0 Å². The van der Waals surface area contributed by atoms with Gasteiger partial charge in [0.1, 0.15) is 11.6 Å². The molecular weight excluding hydrogens is 340 g/mol. The third-order valence-electron chi connectivity index (χ3n) is 6.55. The molecule has 0 aromatic carbocycles. The normalized spacial score (nSPS) is 29.4. The number of aryl methyl sites for hydroxylation is 1. The smallest absolute Gasteiger partial charge is 0.147 e. The molecule has 0 radical (unpaired) electrons. The second kappa shape index (κ2) is 8.84. The number of hydrogen-bond acceptors (Lipinski definition) is 6. The fourth-order valence-corrected chi connectivity index (χ4v) is 4.59. The first-order valence-electron chi connectivity index (χ1n) is 10.5. The quantitative estimate of drug-likeness (QED) is 0.762. The zero-order valence-electron chi connectivity index (χ0n) is 17.3. The minimum atomic E-state index is -0.183. The highest BCUT2D eigenvalue weighted by atomic mass is 16.3. The zero-order valence-corrected chi connectivity index (χ0v) is 17.3. The van der Waals surface area contributed by atoms with Gasteiger partial charge in [-0.3, -0.25) is 4.90 Å². The molecule has 27 heavy (non-hydrogen) atoms. The van der Waals surface area contributed by atoms with E-state index in [0.717, 1.165) is 69.0 Å². The summed E-state index contributed by atoms with van der Waals surface area (Å²) in [5, 5.41) is 20.2. The third kappa shape index (κ3) is 4.98. The molecule has 0 saturated heterocycles. The van der Waals surface area contributed by atoms with Crippen molar-refractivity contribution in [1.29, 1.82) is 0 Å². The van der Waals surface area contributed by atoms with Crippen molar-refractivity contribution < 1.29 is 10.2 Å². The van der Waals surface area contributed by atoms with Gasteiger partial charge in [0.05, 0.1) is 18.2 Å². The van der Waals surface area contributed by atoms with E-state index in [9.17, 15) is 10.2 Å². The van der Waals surface area contributed by atoms with Crippen LogP contribution < -0.4 is 4.90 Å². The van der Waals surface area contributed by atoms with Crippen LogP contribution >= 0.6 is 0 Å². The topological polar surface area (TPSA) is 72.7 Å². The molecule has 2 aliphatic rings. The predicted molar refractivity (Wildman–Crippen MR) is 108 cm³/mol. The minimum Gasteiger partial charge on any atom is -0.393 e. The highest BCUT2D eigenvalue weighted by Gasteiger charge is 2.29. The first kappa shape index (κ1) is 20.5. The lowest BCUT2D eigenvalue weighted by Gasteiger charge is -2.29. The highest BCUT2D eigenvalue weighted by molar-refractivity contribution is 5.39. The van der Waals surface area contributed by atoms with Gasteiger partial charge in [0.25, 0.3) is 0 Å². The Hall–Kier alpha value is -1.24. The van der Waals surface area contributed by atoms with Crippen molar-refractivity contribution in [2.24, 2.45) is 11.8 Å². The van der Waals surface area contributed by atoms with Crippen LogP contribution in [0.15, 0.2) is 6.07 Å². The van der Waals surface area contributed by atoms with Gasteiger partial charge < -0.3 is 15.1 Å². The molecule has 0 bridgehead atoms. The molecule has 1 heterocycles. The van der Waals surface area contributed by atoms with Gasteiger partial charge >= 0.3 is 0 Å². The fraction of sp³-hybridized carbons (Fsp3) is 0.810. The summed E-state index contributed by atoms with van der Waals surface area (Å²) in [6, 6.07) is 2.13. The maximum Gasteiger partial charge on any atom is 0.147 e. The van der Waals surface area contributed by atoms with Gasteiger partial charge in [-0.2, -0.15) is 0 Å². The van der Waals surface area contributed by atoms with Gasteiger partial charge in [-0.1, -0.05) is 12.8 Å². The number of hydrogen-bond donors (Lipinski definition) is 2. The van der Waals surface area contributed by atoms with E-state index in [1.165, 1.54) is 0 Å². The molecule has 2 aliphatic carbocycles. The van der Waals surface area contributed by atoms with E-state index >= 15 is 0 Å². The molecule has 6 heteroatoms. The summed E-state index contributed by atoms with van der Waals surface area (Å²) in [5.41, 5.74) is 0.968. The number of anilines is 1. The summed E-state index contributed by atoms with van der Waals surface area (Å²) in [6.45, 7) is 5.86. The van der Waals surface area contributed by atoms with Crippen LogP contribution in [0.4, 0.5) is 5.82 Å². The van der Waals surface area contributed by atoms with Crippen molar-refractivity contribution in [3.63, 3.8) is 0 Å². The molecule has 0 aliphatic heterocycles. The standard InChI is InChI=1S/C21H36N4O2/c1-14-11-20(25(4)13-17-8-6-10-19(17)27)23-21(22-14)15(2)24(3)12-16-7-5-9-18(16)26/h11,15-19,26-27H,5-10,12-13H2,1-4H3/t15-,16-,17-,18+,19-/m0/s1. The summed E-state index contributed by atoms with van der Waals surface area (Å²) < 4.78 is 0. The molecule has 2 saturated carbocycles. The first-order chi connectivity index (χ1) is 12.8. The summed E-state index contributed by atoms with van der Waals surface area (Å²) in [5.74, 6) is 2.45. The van der Waals surface area contributed by atoms with Crippen LogP contribution in [0, 0.1) is 18.8 Å². The van der Waals surface area contributed by atoms with Gasteiger partial charge in [0.15, 0.2) is 0 Å². The Morgan fingerprint density at radius 3 is 2.15 bits per heavy atom. The first-order valence-corrected chi connectivity index (χ1v) is 10.5. The number of rotatable bonds is 7. The monoisotopic (exact) mass is 376 g/mol. The zero-order chi connectivity index (χ0) is 19.6. The summed E-state index contributed by atoms with van der Waals surface area (Å²) in [7, 11) is 4.15. The van der Waals surface area contributed by atoms with Crippen LogP contribution in [0.3, 0.4) is 0 Å². The van der Waals surface area contributed by atoms with E-state index in [2.05, 4.69) is 35.8 Å². The molecule has 2 fully saturated rings. The van der Waals surface area contributed by atoms with Gasteiger partial charge in [-0.15, -0.1) is 0 Å². The Kier molecular flexibility index (Phi) is 6.71. The largest absolute Gasteiger partial charge is 0.393 e. The molecule has 5 atom stereocenters. The second-order valence-electron chi connectivity index (χ2n) is 8.74. The number of aliphatic hydroxyl groups excluding tert-OH is 2. The maximum absolute atomic E-state index is 10.1. The Morgan fingerprint density at radius 1 is 1.00 bits per heavy atom. The van der Waals surface area contributed by atoms with Crippen molar-refractivity contribution in [2.45, 2.75) is 70.6 Å². The average Bonchev–Trinajstić information content (AvgIpc) is 3.22. The van der Waals surface area contributed by atoms with Gasteiger partial charge in [0, 0.05) is 37.8 Å². The molecule has 0 spiro atoms. The predicted octanol–water partition coefficient (Wildman–Crippen LogP) is 2.54. The number of nitrogens with zero attached hydrogens (tertiary/aromatic N) is 4. The maximum atomic E-state index is 10.1. The molecule has 2 N–H and O–H groups in total. The van der Waals surface area contributed by atoms with E-state index < -0.39 is 0 Å². The molecule has 1 aromatic heterocycles. The average molecular weight is 377 g/mol. The second-order valence-corrected chi connectivity index (χ2v) is 8.74. The molecule has 152 valence electrons. The molecule has 0 unspecified atom stereocenters. The van der Waals surface area contributed by atoms with Crippen LogP contribution in [-0.2, 0) is 0 Å². The van der Waals surface area contributed by atoms with Crippen LogP contribution in [0.2, 0.25) is 0 Å². The van der Waals surface area contributed by atoms with Crippen molar-refractivity contribution >= 4 is 5.82 Å². The summed E-state index contributed by atoms with van der Waals surface area (Å²) in [4.78, 5) is 14.0. The molecule has 0 amide bonds.